The van der Waals surface area contributed by atoms with E-state index in [1.165, 1.54) is 0 Å². The lowest BCUT2D eigenvalue weighted by molar-refractivity contribution is -0.136. The average molecular weight is 444 g/mol. The first-order valence-electron chi connectivity index (χ1n) is 10.0. The maximum Gasteiger partial charge on any atom is 0.325 e. The van der Waals surface area contributed by atoms with Crippen molar-refractivity contribution >= 4 is 35.1 Å². The number of carbonyl (C=O) groups is 3. The van der Waals surface area contributed by atoms with Gasteiger partial charge in [-0.05, 0) is 68.7 Å². The van der Waals surface area contributed by atoms with E-state index in [2.05, 4.69) is 10.6 Å². The quantitative estimate of drug-likeness (QED) is 0.631. The SMILES string of the molecule is CCOc1ccc(Oc2ccc(Cl)cc2NC(=O)CN2C(=O)NC3(CCC3)C2=O)cc1. The summed E-state index contributed by atoms with van der Waals surface area (Å²) in [5.41, 5.74) is -0.494. The number of carbonyl (C=O) groups excluding carboxylic acids is 3. The van der Waals surface area contributed by atoms with Gasteiger partial charge in [-0.25, -0.2) is 4.79 Å². The fourth-order valence-electron chi connectivity index (χ4n) is 3.61. The first kappa shape index (κ1) is 21.0. The minimum Gasteiger partial charge on any atom is -0.494 e. The molecule has 1 aliphatic heterocycles. The molecule has 1 spiro atoms. The van der Waals surface area contributed by atoms with Crippen LogP contribution in [0.1, 0.15) is 26.2 Å². The van der Waals surface area contributed by atoms with Crippen LogP contribution >= 0.6 is 11.6 Å². The van der Waals surface area contributed by atoms with Crippen molar-refractivity contribution in [3.05, 3.63) is 47.5 Å². The van der Waals surface area contributed by atoms with Gasteiger partial charge in [0.05, 0.1) is 12.3 Å². The Morgan fingerprint density at radius 1 is 1.16 bits per heavy atom. The zero-order valence-electron chi connectivity index (χ0n) is 16.9. The number of hydrogen-bond donors (Lipinski definition) is 2. The fraction of sp³-hybridized carbons (Fsp3) is 0.318. The van der Waals surface area contributed by atoms with Crippen molar-refractivity contribution < 1.29 is 23.9 Å². The lowest BCUT2D eigenvalue weighted by Gasteiger charge is -2.34. The summed E-state index contributed by atoms with van der Waals surface area (Å²) in [6.07, 6.45) is 2.08. The van der Waals surface area contributed by atoms with Gasteiger partial charge in [0.15, 0.2) is 5.75 Å². The molecule has 2 aromatic rings. The number of amides is 4. The minimum absolute atomic E-state index is 0.330. The Bertz CT molecular complexity index is 1020. The van der Waals surface area contributed by atoms with E-state index in [0.717, 1.165) is 17.1 Å². The van der Waals surface area contributed by atoms with Gasteiger partial charge in [-0.2, -0.15) is 0 Å². The summed E-state index contributed by atoms with van der Waals surface area (Å²) in [4.78, 5) is 38.3. The molecule has 0 aromatic heterocycles. The first-order chi connectivity index (χ1) is 14.9. The second kappa shape index (κ2) is 8.47. The van der Waals surface area contributed by atoms with Gasteiger partial charge in [-0.3, -0.25) is 14.5 Å². The Kier molecular flexibility index (Phi) is 5.73. The number of nitrogens with zero attached hydrogens (tertiary/aromatic N) is 1. The molecule has 2 fully saturated rings. The van der Waals surface area contributed by atoms with Crippen LogP contribution in [0.15, 0.2) is 42.5 Å². The van der Waals surface area contributed by atoms with Crippen LogP contribution in [-0.2, 0) is 9.59 Å². The Balaban J connectivity index is 1.45. The lowest BCUT2D eigenvalue weighted by atomic mass is 9.77. The second-order valence-corrected chi connectivity index (χ2v) is 7.89. The summed E-state index contributed by atoms with van der Waals surface area (Å²) in [6.45, 7) is 2.08. The number of ether oxygens (including phenoxy) is 2. The molecule has 2 N–H and O–H groups in total. The molecule has 0 radical (unpaired) electrons. The molecule has 0 bridgehead atoms. The van der Waals surface area contributed by atoms with E-state index >= 15 is 0 Å². The third-order valence-corrected chi connectivity index (χ3v) is 5.57. The third kappa shape index (κ3) is 4.29. The molecule has 9 heteroatoms. The van der Waals surface area contributed by atoms with Gasteiger partial charge < -0.3 is 20.1 Å². The molecule has 1 aliphatic carbocycles. The minimum atomic E-state index is -0.824. The smallest absolute Gasteiger partial charge is 0.325 e. The number of nitrogens with one attached hydrogen (secondary N) is 2. The second-order valence-electron chi connectivity index (χ2n) is 7.45. The predicted molar refractivity (Wildman–Crippen MR) is 115 cm³/mol. The fourth-order valence-corrected chi connectivity index (χ4v) is 3.78. The molecular weight excluding hydrogens is 422 g/mol. The lowest BCUT2D eigenvalue weighted by Crippen LogP contribution is -2.52. The Labute approximate surface area is 184 Å². The summed E-state index contributed by atoms with van der Waals surface area (Å²) < 4.78 is 11.3. The highest BCUT2D eigenvalue weighted by Crippen LogP contribution is 2.37. The van der Waals surface area contributed by atoms with Crippen LogP contribution in [-0.4, -0.2) is 41.4 Å². The zero-order chi connectivity index (χ0) is 22.0. The van der Waals surface area contributed by atoms with Crippen LogP contribution in [0.5, 0.6) is 17.2 Å². The molecular formula is C22H22ClN3O5. The van der Waals surface area contributed by atoms with Crippen molar-refractivity contribution in [1.29, 1.82) is 0 Å². The standard InChI is InChI=1S/C22H22ClN3O5/c1-2-30-15-5-7-16(8-6-15)31-18-9-4-14(23)12-17(18)24-19(27)13-26-20(28)22(10-3-11-22)25-21(26)29/h4-9,12H,2-3,10-11,13H2,1H3,(H,24,27)(H,25,29). The van der Waals surface area contributed by atoms with Gasteiger partial charge >= 0.3 is 6.03 Å². The van der Waals surface area contributed by atoms with Gasteiger partial charge in [-0.15, -0.1) is 0 Å². The van der Waals surface area contributed by atoms with Crippen LogP contribution in [0.2, 0.25) is 5.02 Å². The number of urea groups is 1. The molecule has 1 saturated heterocycles. The summed E-state index contributed by atoms with van der Waals surface area (Å²) >= 11 is 6.09. The van der Waals surface area contributed by atoms with Crippen LogP contribution in [0, 0.1) is 0 Å². The summed E-state index contributed by atoms with van der Waals surface area (Å²) in [5.74, 6) is 0.753. The molecule has 8 nitrogen and oxygen atoms in total. The highest BCUT2D eigenvalue weighted by molar-refractivity contribution is 6.31. The zero-order valence-corrected chi connectivity index (χ0v) is 17.7. The van der Waals surface area contributed by atoms with Crippen molar-refractivity contribution in [3.63, 3.8) is 0 Å². The van der Waals surface area contributed by atoms with Crippen LogP contribution < -0.4 is 20.1 Å². The molecule has 31 heavy (non-hydrogen) atoms. The van der Waals surface area contributed by atoms with Gasteiger partial charge in [0.1, 0.15) is 23.6 Å². The van der Waals surface area contributed by atoms with Gasteiger partial charge in [0.25, 0.3) is 5.91 Å². The van der Waals surface area contributed by atoms with Crippen LogP contribution in [0.25, 0.3) is 0 Å². The molecule has 2 aliphatic rings. The Morgan fingerprint density at radius 2 is 1.87 bits per heavy atom. The molecule has 1 heterocycles. The molecule has 4 amide bonds. The summed E-state index contributed by atoms with van der Waals surface area (Å²) in [6, 6.07) is 11.3. The maximum atomic E-state index is 12.6. The maximum absolute atomic E-state index is 12.6. The van der Waals surface area contributed by atoms with E-state index in [1.54, 1.807) is 42.5 Å². The Hall–Kier alpha value is -3.26. The van der Waals surface area contributed by atoms with Crippen LogP contribution in [0.3, 0.4) is 0 Å². The number of anilines is 1. The number of imide groups is 1. The predicted octanol–water partition coefficient (Wildman–Crippen LogP) is 3.94. The largest absolute Gasteiger partial charge is 0.494 e. The summed E-state index contributed by atoms with van der Waals surface area (Å²) in [7, 11) is 0. The van der Waals surface area contributed by atoms with Crippen molar-refractivity contribution in [2.24, 2.45) is 0 Å². The number of hydrogen-bond acceptors (Lipinski definition) is 5. The number of benzene rings is 2. The monoisotopic (exact) mass is 443 g/mol. The van der Waals surface area contributed by atoms with Crippen molar-refractivity contribution in [2.75, 3.05) is 18.5 Å². The topological polar surface area (TPSA) is 97.0 Å². The molecule has 0 atom stereocenters. The Morgan fingerprint density at radius 3 is 2.48 bits per heavy atom. The molecule has 4 rings (SSSR count). The van der Waals surface area contributed by atoms with Crippen molar-refractivity contribution in [3.8, 4) is 17.2 Å². The third-order valence-electron chi connectivity index (χ3n) is 5.33. The van der Waals surface area contributed by atoms with Gasteiger partial charge in [-0.1, -0.05) is 11.6 Å². The number of rotatable bonds is 7. The highest BCUT2D eigenvalue weighted by atomic mass is 35.5. The normalized spacial score (nSPS) is 16.6. The van der Waals surface area contributed by atoms with E-state index in [0.29, 0.717) is 41.7 Å². The van der Waals surface area contributed by atoms with E-state index in [9.17, 15) is 14.4 Å². The van der Waals surface area contributed by atoms with Crippen LogP contribution in [0.4, 0.5) is 10.5 Å². The van der Waals surface area contributed by atoms with E-state index < -0.39 is 17.5 Å². The number of halogens is 1. The highest BCUT2D eigenvalue weighted by Gasteiger charge is 2.54. The van der Waals surface area contributed by atoms with E-state index in [4.69, 9.17) is 21.1 Å². The van der Waals surface area contributed by atoms with E-state index in [-0.39, 0.29) is 12.5 Å². The van der Waals surface area contributed by atoms with Crippen molar-refractivity contribution in [2.45, 2.75) is 31.7 Å². The average Bonchev–Trinajstić information content (AvgIpc) is 2.97. The summed E-state index contributed by atoms with van der Waals surface area (Å²) in [5, 5.41) is 5.79. The van der Waals surface area contributed by atoms with Gasteiger partial charge in [0, 0.05) is 5.02 Å². The molecule has 1 saturated carbocycles. The molecule has 162 valence electrons. The molecule has 2 aromatic carbocycles. The van der Waals surface area contributed by atoms with E-state index in [1.807, 2.05) is 6.92 Å². The van der Waals surface area contributed by atoms with Gasteiger partial charge in [0.2, 0.25) is 5.91 Å². The first-order valence-corrected chi connectivity index (χ1v) is 10.4. The molecule has 0 unspecified atom stereocenters. The van der Waals surface area contributed by atoms with Crippen molar-refractivity contribution in [1.82, 2.24) is 10.2 Å².